The van der Waals surface area contributed by atoms with Crippen molar-refractivity contribution in [2.45, 2.75) is 24.4 Å². The highest BCUT2D eigenvalue weighted by Gasteiger charge is 2.36. The highest BCUT2D eigenvalue weighted by molar-refractivity contribution is 7.91. The van der Waals surface area contributed by atoms with E-state index in [1.165, 1.54) is 12.1 Å². The van der Waals surface area contributed by atoms with Crippen LogP contribution in [0.1, 0.15) is 17.5 Å². The van der Waals surface area contributed by atoms with Crippen LogP contribution in [0.4, 0.5) is 18.9 Å². The van der Waals surface area contributed by atoms with Crippen LogP contribution < -0.4 is 5.73 Å². The van der Waals surface area contributed by atoms with Crippen molar-refractivity contribution in [1.29, 1.82) is 0 Å². The summed E-state index contributed by atoms with van der Waals surface area (Å²) in [5.41, 5.74) is 5.00. The minimum Gasteiger partial charge on any atom is -0.398 e. The number of sulfone groups is 1. The molecule has 1 aromatic rings. The lowest BCUT2D eigenvalue weighted by Crippen LogP contribution is -2.27. The van der Waals surface area contributed by atoms with Gasteiger partial charge in [0, 0.05) is 30.6 Å². The van der Waals surface area contributed by atoms with E-state index in [1.807, 2.05) is 0 Å². The van der Waals surface area contributed by atoms with E-state index >= 15 is 0 Å². The van der Waals surface area contributed by atoms with Gasteiger partial charge in [-0.2, -0.15) is 13.2 Å². The van der Waals surface area contributed by atoms with Crippen LogP contribution in [0.5, 0.6) is 0 Å². The molecular weight excluding hydrogens is 305 g/mol. The van der Waals surface area contributed by atoms with Gasteiger partial charge in [0.15, 0.2) is 9.84 Å². The fourth-order valence-corrected chi connectivity index (χ4v) is 3.58. The largest absolute Gasteiger partial charge is 0.416 e. The fraction of sp³-hybridized carbons (Fsp3) is 0.538. The predicted molar refractivity (Wildman–Crippen MR) is 74.4 cm³/mol. The molecule has 21 heavy (non-hydrogen) atoms. The second kappa shape index (κ2) is 5.49. The van der Waals surface area contributed by atoms with Gasteiger partial charge in [-0.15, -0.1) is 0 Å². The van der Waals surface area contributed by atoms with Crippen molar-refractivity contribution >= 4 is 15.5 Å². The van der Waals surface area contributed by atoms with E-state index in [1.54, 1.807) is 4.90 Å². The van der Waals surface area contributed by atoms with Gasteiger partial charge in [-0.05, 0) is 25.1 Å². The molecule has 1 unspecified atom stereocenters. The molecular formula is C13H17F3N2O2S. The number of likely N-dealkylation sites (tertiary alicyclic amines) is 1. The van der Waals surface area contributed by atoms with Crippen molar-refractivity contribution in [3.05, 3.63) is 29.3 Å². The molecule has 1 fully saturated rings. The zero-order valence-corrected chi connectivity index (χ0v) is 12.3. The molecule has 0 amide bonds. The fourth-order valence-electron chi connectivity index (χ4n) is 2.56. The van der Waals surface area contributed by atoms with Crippen molar-refractivity contribution in [1.82, 2.24) is 4.90 Å². The summed E-state index contributed by atoms with van der Waals surface area (Å²) in [4.78, 5) is 1.70. The summed E-state index contributed by atoms with van der Waals surface area (Å²) in [6.07, 6.45) is -2.88. The third-order valence-electron chi connectivity index (χ3n) is 3.73. The lowest BCUT2D eigenvalue weighted by Gasteiger charge is -2.20. The van der Waals surface area contributed by atoms with Crippen LogP contribution in [0.2, 0.25) is 0 Å². The number of anilines is 1. The average Bonchev–Trinajstić information content (AvgIpc) is 2.78. The Morgan fingerprint density at radius 1 is 1.38 bits per heavy atom. The third kappa shape index (κ3) is 3.68. The van der Waals surface area contributed by atoms with Gasteiger partial charge in [0.2, 0.25) is 0 Å². The van der Waals surface area contributed by atoms with Crippen LogP contribution >= 0.6 is 0 Å². The molecule has 1 saturated heterocycles. The van der Waals surface area contributed by atoms with Gasteiger partial charge in [0.05, 0.1) is 10.8 Å². The smallest absolute Gasteiger partial charge is 0.398 e. The van der Waals surface area contributed by atoms with Gasteiger partial charge in [-0.25, -0.2) is 8.42 Å². The van der Waals surface area contributed by atoms with Crippen LogP contribution in [0, 0.1) is 0 Å². The average molecular weight is 322 g/mol. The number of hydrogen-bond acceptors (Lipinski definition) is 4. The molecule has 0 bridgehead atoms. The first kappa shape index (κ1) is 16.1. The van der Waals surface area contributed by atoms with Gasteiger partial charge >= 0.3 is 6.18 Å². The summed E-state index contributed by atoms with van der Waals surface area (Å²) in [6.45, 7) is 0.696. The lowest BCUT2D eigenvalue weighted by atomic mass is 10.0. The summed E-state index contributed by atoms with van der Waals surface area (Å²) in [6, 6.07) is 3.69. The SMILES string of the molecule is CS(=O)(=O)C1CCN(Cc2c(N)cccc2C(F)(F)F)C1. The number of nitrogen functional groups attached to an aromatic ring is 1. The van der Waals surface area contributed by atoms with Gasteiger partial charge in [-0.1, -0.05) is 6.07 Å². The summed E-state index contributed by atoms with van der Waals surface area (Å²) in [5.74, 6) is 0. The molecule has 118 valence electrons. The van der Waals surface area contributed by atoms with E-state index in [2.05, 4.69) is 0 Å². The van der Waals surface area contributed by atoms with Crippen LogP contribution in [0.3, 0.4) is 0 Å². The van der Waals surface area contributed by atoms with Crippen molar-refractivity contribution in [3.8, 4) is 0 Å². The first-order valence-corrected chi connectivity index (χ1v) is 8.40. The second-order valence-electron chi connectivity index (χ2n) is 5.35. The van der Waals surface area contributed by atoms with E-state index in [-0.39, 0.29) is 24.3 Å². The zero-order chi connectivity index (χ0) is 15.8. The molecule has 8 heteroatoms. The van der Waals surface area contributed by atoms with Crippen molar-refractivity contribution in [3.63, 3.8) is 0 Å². The molecule has 1 aliphatic heterocycles. The number of nitrogens with zero attached hydrogens (tertiary/aromatic N) is 1. The molecule has 2 rings (SSSR count). The molecule has 0 aromatic heterocycles. The Kier molecular flexibility index (Phi) is 4.21. The topological polar surface area (TPSA) is 63.4 Å². The standard InChI is InChI=1S/C13H17F3N2O2S/c1-21(19,20)9-5-6-18(7-9)8-10-11(13(14,15)16)3-2-4-12(10)17/h2-4,9H,5-8,17H2,1H3. The van der Waals surface area contributed by atoms with Crippen molar-refractivity contribution in [2.24, 2.45) is 0 Å². The number of nitrogens with two attached hydrogens (primary N) is 1. The number of alkyl halides is 3. The maximum Gasteiger partial charge on any atom is 0.416 e. The molecule has 1 aromatic carbocycles. The van der Waals surface area contributed by atoms with Crippen molar-refractivity contribution in [2.75, 3.05) is 25.1 Å². The predicted octanol–water partition coefficient (Wildman–Crippen LogP) is 1.91. The maximum absolute atomic E-state index is 13.0. The lowest BCUT2D eigenvalue weighted by molar-refractivity contribution is -0.138. The second-order valence-corrected chi connectivity index (χ2v) is 7.67. The molecule has 0 aliphatic carbocycles. The van der Waals surface area contributed by atoms with Crippen LogP contribution in [-0.4, -0.2) is 37.9 Å². The van der Waals surface area contributed by atoms with Crippen LogP contribution in [0.25, 0.3) is 0 Å². The number of rotatable bonds is 3. The summed E-state index contributed by atoms with van der Waals surface area (Å²) < 4.78 is 62.0. The Hall–Kier alpha value is -1.28. The number of halogens is 3. The van der Waals surface area contributed by atoms with Crippen molar-refractivity contribution < 1.29 is 21.6 Å². The maximum atomic E-state index is 13.0. The molecule has 4 nitrogen and oxygen atoms in total. The molecule has 2 N–H and O–H groups in total. The van der Waals surface area contributed by atoms with E-state index < -0.39 is 26.8 Å². The van der Waals surface area contributed by atoms with E-state index in [9.17, 15) is 21.6 Å². The van der Waals surface area contributed by atoms with Crippen LogP contribution in [0.15, 0.2) is 18.2 Å². The summed E-state index contributed by atoms with van der Waals surface area (Å²) >= 11 is 0. The van der Waals surface area contributed by atoms with E-state index in [0.717, 1.165) is 12.3 Å². The minimum absolute atomic E-state index is 0.00748. The molecule has 1 heterocycles. The molecule has 1 atom stereocenters. The molecule has 0 spiro atoms. The Morgan fingerprint density at radius 2 is 2.05 bits per heavy atom. The zero-order valence-electron chi connectivity index (χ0n) is 11.5. The molecule has 1 aliphatic rings. The normalized spacial score (nSPS) is 20.9. The van der Waals surface area contributed by atoms with E-state index in [0.29, 0.717) is 13.0 Å². The number of benzene rings is 1. The van der Waals surface area contributed by atoms with Gasteiger partial charge in [0.1, 0.15) is 0 Å². The summed E-state index contributed by atoms with van der Waals surface area (Å²) in [7, 11) is -3.17. The Balaban J connectivity index is 2.22. The molecule has 0 saturated carbocycles. The van der Waals surface area contributed by atoms with Crippen LogP contribution in [-0.2, 0) is 22.6 Å². The minimum atomic E-state index is -4.47. The van der Waals surface area contributed by atoms with Gasteiger partial charge in [0.25, 0.3) is 0 Å². The first-order chi connectivity index (χ1) is 9.59. The molecule has 0 radical (unpaired) electrons. The Bertz CT molecular complexity index is 629. The highest BCUT2D eigenvalue weighted by Crippen LogP contribution is 2.35. The Labute approximate surface area is 121 Å². The summed E-state index contributed by atoms with van der Waals surface area (Å²) in [5, 5.41) is -0.517. The highest BCUT2D eigenvalue weighted by atomic mass is 32.2. The third-order valence-corrected chi connectivity index (χ3v) is 5.33. The van der Waals surface area contributed by atoms with Gasteiger partial charge < -0.3 is 5.73 Å². The Morgan fingerprint density at radius 3 is 2.57 bits per heavy atom. The quantitative estimate of drug-likeness (QED) is 0.864. The van der Waals surface area contributed by atoms with E-state index in [4.69, 9.17) is 5.73 Å². The number of hydrogen-bond donors (Lipinski definition) is 1. The van der Waals surface area contributed by atoms with Gasteiger partial charge in [-0.3, -0.25) is 4.90 Å². The monoisotopic (exact) mass is 322 g/mol. The first-order valence-electron chi connectivity index (χ1n) is 6.45.